The van der Waals surface area contributed by atoms with Crippen LogP contribution in [-0.2, 0) is 9.68 Å². The highest BCUT2D eigenvalue weighted by molar-refractivity contribution is 5.85. The van der Waals surface area contributed by atoms with E-state index in [0.717, 1.165) is 0 Å². The van der Waals surface area contributed by atoms with Crippen molar-refractivity contribution in [2.45, 2.75) is 6.18 Å². The summed E-state index contributed by atoms with van der Waals surface area (Å²) in [5.41, 5.74) is 0. The van der Waals surface area contributed by atoms with Crippen LogP contribution in [0.3, 0.4) is 0 Å². The van der Waals surface area contributed by atoms with Crippen molar-refractivity contribution in [1.82, 2.24) is 0 Å². The van der Waals surface area contributed by atoms with Crippen LogP contribution >= 0.6 is 0 Å². The summed E-state index contributed by atoms with van der Waals surface area (Å²) in [5, 5.41) is 7.38. The van der Waals surface area contributed by atoms with Gasteiger partial charge in [-0.25, -0.2) is 4.89 Å². The second-order valence-corrected chi connectivity index (χ2v) is 1.19. The summed E-state index contributed by atoms with van der Waals surface area (Å²) in [5.74, 6) is -2.11. The van der Waals surface area contributed by atoms with Crippen LogP contribution in [0.25, 0.3) is 0 Å². The highest BCUT2D eigenvalue weighted by Gasteiger charge is 2.38. The van der Waals surface area contributed by atoms with E-state index in [0.29, 0.717) is 0 Å². The Morgan fingerprint density at radius 3 is 2.11 bits per heavy atom. The minimum atomic E-state index is -4.91. The van der Waals surface area contributed by atoms with Gasteiger partial charge in [-0.15, -0.1) is 0 Å². The van der Waals surface area contributed by atoms with Crippen molar-refractivity contribution < 1.29 is 28.1 Å². The molecule has 0 saturated carbocycles. The second kappa shape index (κ2) is 2.79. The van der Waals surface area contributed by atoms with Crippen LogP contribution in [0.2, 0.25) is 0 Å². The first-order chi connectivity index (χ1) is 3.98. The number of hydrogen-bond donors (Lipinski definition) is 1. The maximum absolute atomic E-state index is 11.1. The molecule has 0 aliphatic carbocycles. The van der Waals surface area contributed by atoms with E-state index in [1.807, 2.05) is 0 Å². The highest BCUT2D eigenvalue weighted by Crippen LogP contribution is 2.15. The van der Waals surface area contributed by atoms with E-state index >= 15 is 0 Å². The minimum absolute atomic E-state index is 1.34. The molecule has 0 amide bonds. The Morgan fingerprint density at radius 1 is 1.56 bits per heavy atom. The molecule has 0 bridgehead atoms. The summed E-state index contributed by atoms with van der Waals surface area (Å²) in [6.07, 6.45) is -4.91. The van der Waals surface area contributed by atoms with Gasteiger partial charge in [-0.3, -0.25) is 10.1 Å². The Hall–Kier alpha value is -0.620. The smallest absolute Gasteiger partial charge is 0.287 e. The fourth-order valence-corrected chi connectivity index (χ4v) is 0.140. The van der Waals surface area contributed by atoms with Gasteiger partial charge in [-0.05, 0) is 0 Å². The molecule has 0 spiro atoms. The Labute approximate surface area is 48.0 Å². The zero-order valence-electron chi connectivity index (χ0n) is 4.10. The van der Waals surface area contributed by atoms with E-state index in [2.05, 4.69) is 4.89 Å². The summed E-state index contributed by atoms with van der Waals surface area (Å²) >= 11 is 0. The van der Waals surface area contributed by atoms with Crippen LogP contribution < -0.4 is 0 Å². The van der Waals surface area contributed by atoms with Crippen LogP contribution in [0.1, 0.15) is 0 Å². The van der Waals surface area contributed by atoms with Crippen molar-refractivity contribution in [3.8, 4) is 0 Å². The zero-order valence-corrected chi connectivity index (χ0v) is 4.10. The van der Waals surface area contributed by atoms with Crippen LogP contribution in [-0.4, -0.2) is 23.8 Å². The molecule has 0 radical (unpaired) electrons. The number of ketones is 1. The highest BCUT2D eigenvalue weighted by atomic mass is 19.4. The second-order valence-electron chi connectivity index (χ2n) is 1.19. The first kappa shape index (κ1) is 8.38. The molecule has 0 aromatic carbocycles. The standard InChI is InChI=1S/C3H3F3O3/c4-3(5,6)2(7)1-9-8/h8H,1H2. The van der Waals surface area contributed by atoms with Crippen LogP contribution in [0.5, 0.6) is 0 Å². The van der Waals surface area contributed by atoms with Gasteiger partial charge in [0.15, 0.2) is 0 Å². The maximum Gasteiger partial charge on any atom is 0.452 e. The molecule has 3 nitrogen and oxygen atoms in total. The molecule has 0 atom stereocenters. The van der Waals surface area contributed by atoms with Crippen molar-refractivity contribution in [1.29, 1.82) is 0 Å². The molecule has 0 fully saturated rings. The van der Waals surface area contributed by atoms with Crippen molar-refractivity contribution in [3.05, 3.63) is 0 Å². The number of rotatable bonds is 2. The van der Waals surface area contributed by atoms with Crippen molar-refractivity contribution in [2.24, 2.45) is 0 Å². The third kappa shape index (κ3) is 3.04. The average molecular weight is 144 g/mol. The lowest BCUT2D eigenvalue weighted by molar-refractivity contribution is -0.249. The van der Waals surface area contributed by atoms with Crippen LogP contribution in [0.4, 0.5) is 13.2 Å². The molecule has 0 heterocycles. The number of halogens is 3. The molecule has 0 aliphatic rings. The van der Waals surface area contributed by atoms with Gasteiger partial charge >= 0.3 is 6.18 Å². The summed E-state index contributed by atoms with van der Waals surface area (Å²) < 4.78 is 33.3. The van der Waals surface area contributed by atoms with E-state index in [4.69, 9.17) is 5.26 Å². The molecule has 0 unspecified atom stereocenters. The maximum atomic E-state index is 11.1. The van der Waals surface area contributed by atoms with E-state index < -0.39 is 18.6 Å². The minimum Gasteiger partial charge on any atom is -0.287 e. The number of alkyl halides is 3. The van der Waals surface area contributed by atoms with Gasteiger partial charge < -0.3 is 0 Å². The van der Waals surface area contributed by atoms with Gasteiger partial charge in [-0.2, -0.15) is 13.2 Å². The lowest BCUT2D eigenvalue weighted by atomic mass is 10.4. The third-order valence-electron chi connectivity index (χ3n) is 0.512. The molecule has 0 rings (SSSR count). The van der Waals surface area contributed by atoms with Crippen LogP contribution in [0.15, 0.2) is 0 Å². The van der Waals surface area contributed by atoms with E-state index in [-0.39, 0.29) is 0 Å². The van der Waals surface area contributed by atoms with Gasteiger partial charge in [0, 0.05) is 0 Å². The first-order valence-electron chi connectivity index (χ1n) is 1.85. The fraction of sp³-hybridized carbons (Fsp3) is 0.667. The molecule has 6 heteroatoms. The Bertz CT molecular complexity index is 107. The largest absolute Gasteiger partial charge is 0.452 e. The molecule has 54 valence electrons. The van der Waals surface area contributed by atoms with Crippen LogP contribution in [0, 0.1) is 0 Å². The van der Waals surface area contributed by atoms with Gasteiger partial charge in [0.25, 0.3) is 5.78 Å². The topological polar surface area (TPSA) is 46.5 Å². The Kier molecular flexibility index (Phi) is 2.60. The van der Waals surface area contributed by atoms with Gasteiger partial charge in [-0.1, -0.05) is 0 Å². The number of carbonyl (C=O) groups excluding carboxylic acids is 1. The van der Waals surface area contributed by atoms with Gasteiger partial charge in [0.2, 0.25) is 0 Å². The Morgan fingerprint density at radius 2 is 2.00 bits per heavy atom. The lowest BCUT2D eigenvalue weighted by Gasteiger charge is -2.00. The Balaban J connectivity index is 3.74. The average Bonchev–Trinajstić information content (AvgIpc) is 1.64. The number of Topliss-reactive ketones (excluding diaryl/α,β-unsaturated/α-hetero) is 1. The summed E-state index contributed by atoms with van der Waals surface area (Å²) in [7, 11) is 0. The monoisotopic (exact) mass is 144 g/mol. The number of carbonyl (C=O) groups is 1. The summed E-state index contributed by atoms with van der Waals surface area (Å²) in [6.45, 7) is -1.34. The van der Waals surface area contributed by atoms with Gasteiger partial charge in [0.05, 0.1) is 0 Å². The van der Waals surface area contributed by atoms with E-state index in [1.54, 1.807) is 0 Å². The van der Waals surface area contributed by atoms with E-state index in [9.17, 15) is 18.0 Å². The quantitative estimate of drug-likeness (QED) is 0.456. The van der Waals surface area contributed by atoms with Crippen molar-refractivity contribution in [2.75, 3.05) is 6.61 Å². The molecular formula is C3H3F3O3. The molecule has 0 aromatic rings. The fourth-order valence-electron chi connectivity index (χ4n) is 0.140. The van der Waals surface area contributed by atoms with Crippen molar-refractivity contribution >= 4 is 5.78 Å². The molecular weight excluding hydrogens is 141 g/mol. The lowest BCUT2D eigenvalue weighted by Crippen LogP contribution is -2.26. The molecule has 0 aliphatic heterocycles. The predicted octanol–water partition coefficient (Wildman–Crippen LogP) is 0.607. The third-order valence-corrected chi connectivity index (χ3v) is 0.512. The predicted molar refractivity (Wildman–Crippen MR) is 19.6 cm³/mol. The molecule has 1 N–H and O–H groups in total. The molecule has 9 heavy (non-hydrogen) atoms. The molecule has 0 aromatic heterocycles. The molecule has 0 saturated heterocycles. The SMILES string of the molecule is O=C(COO)C(F)(F)F. The first-order valence-corrected chi connectivity index (χ1v) is 1.85. The summed E-state index contributed by atoms with van der Waals surface area (Å²) in [6, 6.07) is 0. The number of hydrogen-bond acceptors (Lipinski definition) is 3. The normalized spacial score (nSPS) is 11.6. The van der Waals surface area contributed by atoms with E-state index in [1.165, 1.54) is 0 Å². The van der Waals surface area contributed by atoms with Gasteiger partial charge in [0.1, 0.15) is 6.61 Å². The van der Waals surface area contributed by atoms with Crippen molar-refractivity contribution in [3.63, 3.8) is 0 Å². The summed E-state index contributed by atoms with van der Waals surface area (Å²) in [4.78, 5) is 12.6. The zero-order chi connectivity index (χ0) is 7.49.